The summed E-state index contributed by atoms with van der Waals surface area (Å²) in [6.45, 7) is 2.06. The molecule has 0 bridgehead atoms. The van der Waals surface area contributed by atoms with Crippen LogP contribution in [0.25, 0.3) is 0 Å². The van der Waals surface area contributed by atoms with E-state index >= 15 is 0 Å². The van der Waals surface area contributed by atoms with Gasteiger partial charge >= 0.3 is 0 Å². The average molecular weight is 262 g/mol. The van der Waals surface area contributed by atoms with Crippen LogP contribution in [-0.4, -0.2) is 41.6 Å². The fraction of sp³-hybridized carbons (Fsp3) is 0.571. The van der Waals surface area contributed by atoms with E-state index in [-0.39, 0.29) is 17.6 Å². The molecule has 0 unspecified atom stereocenters. The number of nitrogens with zero attached hydrogens (tertiary/aromatic N) is 1. The number of amides is 1. The Morgan fingerprint density at radius 2 is 2.16 bits per heavy atom. The molecule has 19 heavy (non-hydrogen) atoms. The van der Waals surface area contributed by atoms with E-state index in [9.17, 15) is 9.59 Å². The molecular weight excluding hydrogens is 244 g/mol. The Bertz CT molecular complexity index is 532. The number of aromatic amines is 1. The Morgan fingerprint density at radius 1 is 1.32 bits per heavy atom. The van der Waals surface area contributed by atoms with Gasteiger partial charge in [-0.1, -0.05) is 6.07 Å². The first-order valence-corrected chi connectivity index (χ1v) is 6.85. The normalized spacial score (nSPS) is 22.9. The molecule has 1 aromatic rings. The lowest BCUT2D eigenvalue weighted by Crippen LogP contribution is -2.40. The van der Waals surface area contributed by atoms with Crippen LogP contribution in [0.1, 0.15) is 24.1 Å². The molecule has 1 amide bonds. The van der Waals surface area contributed by atoms with Gasteiger partial charge in [0.15, 0.2) is 0 Å². The Balaban J connectivity index is 1.72. The number of ether oxygens (including phenoxy) is 1. The van der Waals surface area contributed by atoms with E-state index in [0.717, 1.165) is 30.5 Å². The van der Waals surface area contributed by atoms with Crippen molar-refractivity contribution in [2.24, 2.45) is 0 Å². The predicted octanol–water partition coefficient (Wildman–Crippen LogP) is 0.481. The minimum absolute atomic E-state index is 0.0716. The molecule has 1 fully saturated rings. The summed E-state index contributed by atoms with van der Waals surface area (Å²) in [5, 5.41) is 0. The summed E-state index contributed by atoms with van der Waals surface area (Å²) in [7, 11) is 0. The molecule has 5 heteroatoms. The highest BCUT2D eigenvalue weighted by molar-refractivity contribution is 5.81. The van der Waals surface area contributed by atoms with E-state index in [1.807, 2.05) is 11.0 Å². The summed E-state index contributed by atoms with van der Waals surface area (Å²) in [5.41, 5.74) is 2.04. The van der Waals surface area contributed by atoms with E-state index in [2.05, 4.69) is 4.98 Å². The number of fused-ring (bicyclic) bond motifs is 1. The number of hydrogen-bond acceptors (Lipinski definition) is 3. The third kappa shape index (κ3) is 2.56. The molecule has 5 nitrogen and oxygen atoms in total. The molecule has 3 heterocycles. The fourth-order valence-corrected chi connectivity index (χ4v) is 2.82. The van der Waals surface area contributed by atoms with Crippen molar-refractivity contribution in [2.45, 2.75) is 31.8 Å². The van der Waals surface area contributed by atoms with Crippen LogP contribution in [0.2, 0.25) is 0 Å². The standard InChI is InChI=1S/C14H18N2O3/c17-13-4-3-10-5-7-16(8-6-11(10)15-13)14(18)12-2-1-9-19-12/h3-4,12H,1-2,5-9H2,(H,15,17)/t12-/m0/s1. The highest BCUT2D eigenvalue weighted by Gasteiger charge is 2.29. The van der Waals surface area contributed by atoms with Crippen molar-refractivity contribution in [3.05, 3.63) is 33.7 Å². The van der Waals surface area contributed by atoms with Crippen LogP contribution in [-0.2, 0) is 22.4 Å². The molecule has 0 radical (unpaired) electrons. The average Bonchev–Trinajstić information content (AvgIpc) is 2.86. The molecule has 1 aromatic heterocycles. The molecule has 1 saturated heterocycles. The topological polar surface area (TPSA) is 62.4 Å². The summed E-state index contributed by atoms with van der Waals surface area (Å²) >= 11 is 0. The third-order valence-electron chi connectivity index (χ3n) is 3.90. The van der Waals surface area contributed by atoms with Crippen LogP contribution < -0.4 is 5.56 Å². The van der Waals surface area contributed by atoms with E-state index in [1.165, 1.54) is 0 Å². The molecule has 0 spiro atoms. The minimum Gasteiger partial charge on any atom is -0.368 e. The van der Waals surface area contributed by atoms with Crippen molar-refractivity contribution in [3.8, 4) is 0 Å². The smallest absolute Gasteiger partial charge is 0.251 e. The zero-order valence-corrected chi connectivity index (χ0v) is 10.9. The maximum atomic E-state index is 12.3. The van der Waals surface area contributed by atoms with Crippen molar-refractivity contribution >= 4 is 5.91 Å². The van der Waals surface area contributed by atoms with E-state index in [0.29, 0.717) is 26.1 Å². The Hall–Kier alpha value is -1.62. The van der Waals surface area contributed by atoms with Gasteiger partial charge in [0.25, 0.3) is 5.91 Å². The molecule has 2 aliphatic rings. The van der Waals surface area contributed by atoms with Gasteiger partial charge in [-0.05, 0) is 24.8 Å². The molecule has 102 valence electrons. The van der Waals surface area contributed by atoms with Gasteiger partial charge in [-0.25, -0.2) is 0 Å². The van der Waals surface area contributed by atoms with Crippen molar-refractivity contribution < 1.29 is 9.53 Å². The number of pyridine rings is 1. The summed E-state index contributed by atoms with van der Waals surface area (Å²) in [6.07, 6.45) is 3.06. The van der Waals surface area contributed by atoms with Gasteiger partial charge in [0.2, 0.25) is 5.56 Å². The van der Waals surface area contributed by atoms with Crippen LogP contribution in [0.4, 0.5) is 0 Å². The summed E-state index contributed by atoms with van der Waals surface area (Å²) in [6, 6.07) is 3.42. The first-order valence-electron chi connectivity index (χ1n) is 6.85. The Morgan fingerprint density at radius 3 is 2.95 bits per heavy atom. The SMILES string of the molecule is O=C([C@@H]1CCCO1)N1CCc2ccc(=O)[nH]c2CC1. The molecule has 1 atom stereocenters. The highest BCUT2D eigenvalue weighted by atomic mass is 16.5. The maximum absolute atomic E-state index is 12.3. The monoisotopic (exact) mass is 262 g/mol. The number of aromatic nitrogens is 1. The van der Waals surface area contributed by atoms with Crippen molar-refractivity contribution in [3.63, 3.8) is 0 Å². The number of carbonyl (C=O) groups is 1. The first kappa shape index (κ1) is 12.4. The zero-order chi connectivity index (χ0) is 13.2. The van der Waals surface area contributed by atoms with Gasteiger partial charge in [-0.3, -0.25) is 9.59 Å². The summed E-state index contributed by atoms with van der Waals surface area (Å²) in [5.74, 6) is 0.104. The van der Waals surface area contributed by atoms with Gasteiger partial charge in [0, 0.05) is 37.9 Å². The van der Waals surface area contributed by atoms with Gasteiger partial charge in [0.1, 0.15) is 6.10 Å². The molecule has 1 N–H and O–H groups in total. The molecular formula is C14H18N2O3. The second kappa shape index (κ2) is 5.17. The van der Waals surface area contributed by atoms with Gasteiger partial charge in [0.05, 0.1) is 0 Å². The minimum atomic E-state index is -0.250. The first-order chi connectivity index (χ1) is 9.24. The van der Waals surface area contributed by atoms with E-state index in [4.69, 9.17) is 4.74 Å². The van der Waals surface area contributed by atoms with Crippen molar-refractivity contribution in [1.29, 1.82) is 0 Å². The number of nitrogens with one attached hydrogen (secondary N) is 1. The second-order valence-electron chi connectivity index (χ2n) is 5.15. The third-order valence-corrected chi connectivity index (χ3v) is 3.90. The molecule has 2 aliphatic heterocycles. The van der Waals surface area contributed by atoms with Crippen LogP contribution in [0.5, 0.6) is 0 Å². The van der Waals surface area contributed by atoms with Crippen LogP contribution in [0, 0.1) is 0 Å². The quantitative estimate of drug-likeness (QED) is 0.800. The van der Waals surface area contributed by atoms with Gasteiger partial charge in [-0.2, -0.15) is 0 Å². The fourth-order valence-electron chi connectivity index (χ4n) is 2.82. The van der Waals surface area contributed by atoms with Gasteiger partial charge in [-0.15, -0.1) is 0 Å². The van der Waals surface area contributed by atoms with Crippen LogP contribution in [0.3, 0.4) is 0 Å². The van der Waals surface area contributed by atoms with Crippen molar-refractivity contribution in [2.75, 3.05) is 19.7 Å². The van der Waals surface area contributed by atoms with Crippen LogP contribution in [0.15, 0.2) is 16.9 Å². The summed E-state index contributed by atoms with van der Waals surface area (Å²) in [4.78, 5) is 28.4. The zero-order valence-electron chi connectivity index (χ0n) is 10.9. The Kier molecular flexibility index (Phi) is 3.38. The van der Waals surface area contributed by atoms with Gasteiger partial charge < -0.3 is 14.6 Å². The predicted molar refractivity (Wildman–Crippen MR) is 70.0 cm³/mol. The maximum Gasteiger partial charge on any atom is 0.251 e. The van der Waals surface area contributed by atoms with Crippen LogP contribution >= 0.6 is 0 Å². The molecule has 0 aromatic carbocycles. The number of carbonyl (C=O) groups excluding carboxylic acids is 1. The van der Waals surface area contributed by atoms with E-state index < -0.39 is 0 Å². The lowest BCUT2D eigenvalue weighted by atomic mass is 10.1. The lowest BCUT2D eigenvalue weighted by Gasteiger charge is -2.23. The number of rotatable bonds is 1. The largest absolute Gasteiger partial charge is 0.368 e. The number of hydrogen-bond donors (Lipinski definition) is 1. The Labute approximate surface area is 111 Å². The highest BCUT2D eigenvalue weighted by Crippen LogP contribution is 2.18. The van der Waals surface area contributed by atoms with Crippen molar-refractivity contribution in [1.82, 2.24) is 9.88 Å². The molecule has 0 saturated carbocycles. The lowest BCUT2D eigenvalue weighted by molar-refractivity contribution is -0.140. The second-order valence-corrected chi connectivity index (χ2v) is 5.15. The molecule has 0 aliphatic carbocycles. The molecule has 3 rings (SSSR count). The number of H-pyrrole nitrogens is 1. The van der Waals surface area contributed by atoms with E-state index in [1.54, 1.807) is 6.07 Å². The summed E-state index contributed by atoms with van der Waals surface area (Å²) < 4.78 is 5.46.